The second kappa shape index (κ2) is 8.48. The largest absolute Gasteiger partial charge is 0.338 e. The number of nitrogens with zero attached hydrogens (tertiary/aromatic N) is 2. The lowest BCUT2D eigenvalue weighted by atomic mass is 10.3. The van der Waals surface area contributed by atoms with Crippen molar-refractivity contribution in [2.45, 2.75) is 20.0 Å². The molecule has 0 aliphatic heterocycles. The number of nitrogens with one attached hydrogen (secondary N) is 1. The summed E-state index contributed by atoms with van der Waals surface area (Å²) < 4.78 is 25.1. The normalized spacial score (nSPS) is 11.6. The summed E-state index contributed by atoms with van der Waals surface area (Å²) in [5.41, 5.74) is 1.92. The second-order valence-corrected chi connectivity index (χ2v) is 7.81. The number of para-hydroxylation sites is 3. The Labute approximate surface area is 157 Å². The van der Waals surface area contributed by atoms with Crippen LogP contribution in [0.15, 0.2) is 54.6 Å². The van der Waals surface area contributed by atoms with Crippen molar-refractivity contribution in [1.29, 1.82) is 0 Å². The Balaban J connectivity index is 2.01. The highest BCUT2D eigenvalue weighted by molar-refractivity contribution is 7.53. The first-order valence-electron chi connectivity index (χ1n) is 8.77. The number of amides is 1. The zero-order chi connectivity index (χ0) is 19.3. The van der Waals surface area contributed by atoms with Gasteiger partial charge in [-0.1, -0.05) is 30.3 Å². The molecule has 3 aromatic rings. The van der Waals surface area contributed by atoms with Crippen LogP contribution in [-0.2, 0) is 19.8 Å². The molecule has 0 saturated carbocycles. The summed E-state index contributed by atoms with van der Waals surface area (Å²) in [6.07, 6.45) is -0.0917. The summed E-state index contributed by atoms with van der Waals surface area (Å²) in [5.74, 6) is 0.329. The Kier molecular flexibility index (Phi) is 6.06. The zero-order valence-electron chi connectivity index (χ0n) is 15.3. The van der Waals surface area contributed by atoms with Gasteiger partial charge in [0.25, 0.3) is 0 Å². The quantitative estimate of drug-likeness (QED) is 0.584. The predicted octanol–water partition coefficient (Wildman–Crippen LogP) is 4.88. The van der Waals surface area contributed by atoms with E-state index < -0.39 is 7.60 Å². The van der Waals surface area contributed by atoms with E-state index in [2.05, 4.69) is 10.3 Å². The molecule has 0 saturated heterocycles. The van der Waals surface area contributed by atoms with Crippen LogP contribution in [-0.4, -0.2) is 28.8 Å². The van der Waals surface area contributed by atoms with Crippen LogP contribution in [0.5, 0.6) is 0 Å². The van der Waals surface area contributed by atoms with Gasteiger partial charge >= 0.3 is 13.6 Å². The first kappa shape index (κ1) is 19.3. The van der Waals surface area contributed by atoms with Gasteiger partial charge in [-0.25, -0.2) is 14.3 Å². The Morgan fingerprint density at radius 3 is 2.33 bits per heavy atom. The number of rotatable bonds is 7. The summed E-state index contributed by atoms with van der Waals surface area (Å²) in [5, 5.41) is 2.84. The smallest absolute Gasteiger partial charge is 0.309 e. The Hall–Kier alpha value is -2.47. The van der Waals surface area contributed by atoms with Gasteiger partial charge in [0.15, 0.2) is 0 Å². The van der Waals surface area contributed by atoms with Crippen molar-refractivity contribution in [3.8, 4) is 0 Å². The third-order valence-corrected chi connectivity index (χ3v) is 5.82. The van der Waals surface area contributed by atoms with E-state index in [4.69, 9.17) is 9.05 Å². The monoisotopic (exact) mass is 387 g/mol. The molecule has 27 heavy (non-hydrogen) atoms. The second-order valence-electron chi connectivity index (χ2n) is 5.75. The van der Waals surface area contributed by atoms with Crippen LogP contribution >= 0.6 is 7.60 Å². The Bertz CT molecular complexity index is 962. The van der Waals surface area contributed by atoms with Crippen LogP contribution in [0.4, 0.5) is 10.5 Å². The zero-order valence-corrected chi connectivity index (χ0v) is 16.2. The molecule has 0 bridgehead atoms. The molecule has 1 amide bonds. The molecule has 8 heteroatoms. The average Bonchev–Trinajstić information content (AvgIpc) is 3.00. The third-order valence-electron chi connectivity index (χ3n) is 3.85. The van der Waals surface area contributed by atoms with Gasteiger partial charge in [-0.15, -0.1) is 0 Å². The van der Waals surface area contributed by atoms with Gasteiger partial charge in [0, 0.05) is 5.69 Å². The molecule has 0 radical (unpaired) electrons. The number of carbonyl (C=O) groups is 1. The van der Waals surface area contributed by atoms with Gasteiger partial charge in [-0.2, -0.15) is 0 Å². The number of imidazole rings is 1. The van der Waals surface area contributed by atoms with Crippen molar-refractivity contribution in [3.63, 3.8) is 0 Å². The van der Waals surface area contributed by atoms with E-state index in [-0.39, 0.29) is 25.4 Å². The van der Waals surface area contributed by atoms with Crippen molar-refractivity contribution in [3.05, 3.63) is 60.4 Å². The van der Waals surface area contributed by atoms with Crippen LogP contribution in [0.2, 0.25) is 0 Å². The molecule has 0 aliphatic rings. The number of anilines is 1. The van der Waals surface area contributed by atoms with Crippen molar-refractivity contribution < 1.29 is 18.4 Å². The van der Waals surface area contributed by atoms with Gasteiger partial charge in [-0.3, -0.25) is 4.57 Å². The van der Waals surface area contributed by atoms with E-state index in [1.807, 2.05) is 30.3 Å². The lowest BCUT2D eigenvalue weighted by molar-refractivity contribution is 0.218. The molecule has 0 fully saturated rings. The van der Waals surface area contributed by atoms with Gasteiger partial charge in [-0.05, 0) is 38.1 Å². The number of carbonyl (C=O) groups excluding carboxylic acids is 1. The molecule has 0 atom stereocenters. The molecule has 2 aromatic carbocycles. The fourth-order valence-corrected chi connectivity index (χ4v) is 4.41. The predicted molar refractivity (Wildman–Crippen MR) is 105 cm³/mol. The van der Waals surface area contributed by atoms with Crippen LogP contribution in [0.3, 0.4) is 0 Å². The Morgan fingerprint density at radius 1 is 1.04 bits per heavy atom. The molecular weight excluding hydrogens is 365 g/mol. The maximum atomic E-state index is 13.0. The first-order valence-corrected chi connectivity index (χ1v) is 10.5. The molecule has 142 valence electrons. The Morgan fingerprint density at radius 2 is 1.67 bits per heavy atom. The first-order chi connectivity index (χ1) is 13.1. The molecular formula is C19H22N3O4P. The number of hydrogen-bond acceptors (Lipinski definition) is 5. The summed E-state index contributed by atoms with van der Waals surface area (Å²) in [4.78, 5) is 17.4. The number of hydrogen-bond donors (Lipinski definition) is 1. The molecule has 3 rings (SSSR count). The average molecular weight is 387 g/mol. The molecule has 1 heterocycles. The van der Waals surface area contributed by atoms with Crippen LogP contribution < -0.4 is 5.32 Å². The van der Waals surface area contributed by atoms with Crippen molar-refractivity contribution in [1.82, 2.24) is 9.55 Å². The lowest BCUT2D eigenvalue weighted by Crippen LogP contribution is -2.22. The number of benzene rings is 2. The SMILES string of the molecule is CCOP(=O)(Cc1nc2ccccc2n1C(=O)Nc1ccccc1)OCC. The highest BCUT2D eigenvalue weighted by Gasteiger charge is 2.29. The van der Waals surface area contributed by atoms with E-state index in [1.165, 1.54) is 4.57 Å². The van der Waals surface area contributed by atoms with Crippen LogP contribution in [0.25, 0.3) is 11.0 Å². The number of aromatic nitrogens is 2. The highest BCUT2D eigenvalue weighted by atomic mass is 31.2. The maximum absolute atomic E-state index is 13.0. The van der Waals surface area contributed by atoms with E-state index in [9.17, 15) is 9.36 Å². The molecule has 0 aliphatic carbocycles. The molecule has 7 nitrogen and oxygen atoms in total. The highest BCUT2D eigenvalue weighted by Crippen LogP contribution is 2.51. The van der Waals surface area contributed by atoms with Crippen LogP contribution in [0.1, 0.15) is 19.7 Å². The summed E-state index contributed by atoms with van der Waals surface area (Å²) >= 11 is 0. The minimum Gasteiger partial charge on any atom is -0.309 e. The summed E-state index contributed by atoms with van der Waals surface area (Å²) in [6.45, 7) is 3.98. The van der Waals surface area contributed by atoms with Crippen molar-refractivity contribution in [2.24, 2.45) is 0 Å². The third kappa shape index (κ3) is 4.45. The molecule has 1 aromatic heterocycles. The standard InChI is InChI=1S/C19H22N3O4P/c1-3-25-27(24,26-4-2)14-18-21-16-12-8-9-13-17(16)22(18)19(23)20-15-10-6-5-7-11-15/h5-13H,3-4,14H2,1-2H3,(H,20,23). The van der Waals surface area contributed by atoms with Crippen molar-refractivity contribution >= 4 is 30.3 Å². The van der Waals surface area contributed by atoms with Gasteiger partial charge < -0.3 is 14.4 Å². The summed E-state index contributed by atoms with van der Waals surface area (Å²) in [6, 6.07) is 16.0. The summed E-state index contributed by atoms with van der Waals surface area (Å²) in [7, 11) is -3.41. The molecule has 0 unspecified atom stereocenters. The van der Waals surface area contributed by atoms with E-state index in [1.54, 1.807) is 38.1 Å². The lowest BCUT2D eigenvalue weighted by Gasteiger charge is -2.17. The van der Waals surface area contributed by atoms with Gasteiger partial charge in [0.05, 0.1) is 24.2 Å². The van der Waals surface area contributed by atoms with E-state index in [0.29, 0.717) is 22.5 Å². The minimum absolute atomic E-state index is 0.0917. The van der Waals surface area contributed by atoms with E-state index >= 15 is 0 Å². The van der Waals surface area contributed by atoms with Crippen LogP contribution in [0, 0.1) is 0 Å². The maximum Gasteiger partial charge on any atom is 0.338 e. The molecule has 0 spiro atoms. The van der Waals surface area contributed by atoms with E-state index in [0.717, 1.165) is 0 Å². The number of fused-ring (bicyclic) bond motifs is 1. The van der Waals surface area contributed by atoms with Gasteiger partial charge in [0.2, 0.25) is 0 Å². The van der Waals surface area contributed by atoms with Gasteiger partial charge in [0.1, 0.15) is 12.0 Å². The minimum atomic E-state index is -3.41. The fraction of sp³-hybridized carbons (Fsp3) is 0.263. The topological polar surface area (TPSA) is 82.5 Å². The fourth-order valence-electron chi connectivity index (χ4n) is 2.80. The van der Waals surface area contributed by atoms with Crippen molar-refractivity contribution in [2.75, 3.05) is 18.5 Å². The molecule has 1 N–H and O–H groups in total.